The molecule has 176 valence electrons. The number of nitro groups is 1. The lowest BCUT2D eigenvalue weighted by Crippen LogP contribution is -2.44. The normalized spacial score (nSPS) is 19.9. The van der Waals surface area contributed by atoms with Gasteiger partial charge in [-0.05, 0) is 49.6 Å². The number of ether oxygens (including phenoxy) is 3. The number of nitrogens with zero attached hydrogens (tertiary/aromatic N) is 3. The van der Waals surface area contributed by atoms with Crippen LogP contribution in [0.15, 0.2) is 42.6 Å². The summed E-state index contributed by atoms with van der Waals surface area (Å²) in [4.78, 5) is 15.5. The predicted octanol–water partition coefficient (Wildman–Crippen LogP) is 4.62. The fourth-order valence-electron chi connectivity index (χ4n) is 4.52. The number of nitriles is 1. The highest BCUT2D eigenvalue weighted by Gasteiger charge is 2.35. The van der Waals surface area contributed by atoms with Gasteiger partial charge >= 0.3 is 5.69 Å². The first-order valence-electron chi connectivity index (χ1n) is 10.9. The molecule has 3 aromatic rings. The molecule has 0 unspecified atom stereocenters. The Labute approximate surface area is 197 Å². The van der Waals surface area contributed by atoms with Crippen molar-refractivity contribution in [2.45, 2.75) is 37.8 Å². The Kier molecular flexibility index (Phi) is 6.52. The highest BCUT2D eigenvalue weighted by Crippen LogP contribution is 2.37. The van der Waals surface area contributed by atoms with Gasteiger partial charge in [-0.3, -0.25) is 10.1 Å². The van der Waals surface area contributed by atoms with E-state index in [1.807, 2.05) is 25.1 Å². The van der Waals surface area contributed by atoms with Gasteiger partial charge in [0.15, 0.2) is 0 Å². The molecule has 0 saturated carbocycles. The number of benzene rings is 2. The van der Waals surface area contributed by atoms with Crippen molar-refractivity contribution in [3.63, 3.8) is 0 Å². The van der Waals surface area contributed by atoms with Crippen molar-refractivity contribution in [1.29, 1.82) is 5.26 Å². The summed E-state index contributed by atoms with van der Waals surface area (Å²) in [7, 11) is 3.23. The summed E-state index contributed by atoms with van der Waals surface area (Å²) in [6, 6.07) is 12.7. The minimum Gasteiger partial charge on any atom is -0.497 e. The molecular formula is C25H26N4O5. The maximum Gasteiger partial charge on any atom is 0.311 e. The lowest BCUT2D eigenvalue weighted by molar-refractivity contribution is -0.384. The van der Waals surface area contributed by atoms with E-state index >= 15 is 0 Å². The molecule has 0 spiro atoms. The highest BCUT2D eigenvalue weighted by atomic mass is 16.6. The molecule has 0 amide bonds. The van der Waals surface area contributed by atoms with Crippen LogP contribution in [0.2, 0.25) is 0 Å². The Bertz CT molecular complexity index is 1270. The van der Waals surface area contributed by atoms with Crippen molar-refractivity contribution >= 4 is 22.3 Å². The molecular weight excluding hydrogens is 436 g/mol. The van der Waals surface area contributed by atoms with E-state index in [9.17, 15) is 15.4 Å². The lowest BCUT2D eigenvalue weighted by Gasteiger charge is -2.39. The Balaban J connectivity index is 1.63. The number of anilines is 1. The zero-order valence-corrected chi connectivity index (χ0v) is 19.3. The molecule has 1 fully saturated rings. The van der Waals surface area contributed by atoms with Crippen LogP contribution in [0, 0.1) is 21.4 Å². The van der Waals surface area contributed by atoms with Gasteiger partial charge in [-0.1, -0.05) is 6.07 Å². The summed E-state index contributed by atoms with van der Waals surface area (Å²) in [5, 5.41) is 25.0. The van der Waals surface area contributed by atoms with Crippen LogP contribution in [-0.2, 0) is 11.2 Å². The molecule has 4 rings (SSSR count). The first kappa shape index (κ1) is 23.3. The van der Waals surface area contributed by atoms with Gasteiger partial charge in [-0.25, -0.2) is 4.98 Å². The van der Waals surface area contributed by atoms with Crippen LogP contribution < -0.4 is 14.8 Å². The zero-order valence-electron chi connectivity index (χ0n) is 19.3. The van der Waals surface area contributed by atoms with E-state index in [0.29, 0.717) is 53.8 Å². The smallest absolute Gasteiger partial charge is 0.311 e. The fourth-order valence-corrected chi connectivity index (χ4v) is 4.52. The summed E-state index contributed by atoms with van der Waals surface area (Å²) >= 11 is 0. The number of fused-ring (bicyclic) bond motifs is 1. The average Bonchev–Trinajstić information content (AvgIpc) is 2.83. The molecule has 34 heavy (non-hydrogen) atoms. The molecule has 0 bridgehead atoms. The van der Waals surface area contributed by atoms with Crippen molar-refractivity contribution in [2.24, 2.45) is 0 Å². The van der Waals surface area contributed by atoms with Gasteiger partial charge in [-0.15, -0.1) is 0 Å². The molecule has 0 aliphatic carbocycles. The minimum absolute atomic E-state index is 0.0713. The molecule has 2 heterocycles. The van der Waals surface area contributed by atoms with Gasteiger partial charge in [0.25, 0.3) is 0 Å². The minimum atomic E-state index is -0.507. The van der Waals surface area contributed by atoms with E-state index in [4.69, 9.17) is 14.2 Å². The number of hydrogen-bond donors (Lipinski definition) is 1. The van der Waals surface area contributed by atoms with Crippen molar-refractivity contribution in [3.8, 4) is 17.6 Å². The van der Waals surface area contributed by atoms with Crippen molar-refractivity contribution < 1.29 is 19.1 Å². The van der Waals surface area contributed by atoms with Crippen molar-refractivity contribution in [1.82, 2.24) is 4.98 Å². The largest absolute Gasteiger partial charge is 0.497 e. The van der Waals surface area contributed by atoms with Crippen LogP contribution in [0.4, 0.5) is 11.4 Å². The molecule has 1 aromatic heterocycles. The van der Waals surface area contributed by atoms with Gasteiger partial charge in [0.05, 0.1) is 41.9 Å². The summed E-state index contributed by atoms with van der Waals surface area (Å²) in [5.41, 5.74) is 1.75. The van der Waals surface area contributed by atoms with Crippen molar-refractivity contribution in [3.05, 3.63) is 63.8 Å². The second-order valence-corrected chi connectivity index (χ2v) is 8.61. The van der Waals surface area contributed by atoms with E-state index in [1.165, 1.54) is 6.20 Å². The van der Waals surface area contributed by atoms with Gasteiger partial charge in [-0.2, -0.15) is 5.26 Å². The van der Waals surface area contributed by atoms with Gasteiger partial charge < -0.3 is 19.5 Å². The maximum atomic E-state index is 11.8. The third-order valence-electron chi connectivity index (χ3n) is 6.18. The van der Waals surface area contributed by atoms with Gasteiger partial charge in [0, 0.05) is 30.5 Å². The highest BCUT2D eigenvalue weighted by molar-refractivity contribution is 5.96. The van der Waals surface area contributed by atoms with E-state index in [-0.39, 0.29) is 11.7 Å². The average molecular weight is 463 g/mol. The second-order valence-electron chi connectivity index (χ2n) is 8.61. The third kappa shape index (κ3) is 4.72. The first-order valence-corrected chi connectivity index (χ1v) is 10.9. The first-order chi connectivity index (χ1) is 16.4. The number of aromatic nitrogens is 1. The summed E-state index contributed by atoms with van der Waals surface area (Å²) in [5.74, 6) is 1.43. The SMILES string of the molecule is COc1ccc(C[C@]2(C)C[C@H](Nc3c([N+](=O)[O-])cnc4ccc(C#N)cc34)CCO2)c(OC)c1. The second kappa shape index (κ2) is 9.53. The van der Waals surface area contributed by atoms with Crippen LogP contribution in [0.25, 0.3) is 10.9 Å². The van der Waals surface area contributed by atoms with Crippen molar-refractivity contribution in [2.75, 3.05) is 26.1 Å². The van der Waals surface area contributed by atoms with Crippen LogP contribution in [0.1, 0.15) is 30.9 Å². The quantitative estimate of drug-likeness (QED) is 0.399. The third-order valence-corrected chi connectivity index (χ3v) is 6.18. The topological polar surface area (TPSA) is 120 Å². The summed E-state index contributed by atoms with van der Waals surface area (Å²) < 4.78 is 17.0. The van der Waals surface area contributed by atoms with Crippen LogP contribution in [-0.4, -0.2) is 42.4 Å². The molecule has 2 aromatic carbocycles. The number of hydrogen-bond acceptors (Lipinski definition) is 8. The van der Waals surface area contributed by atoms with E-state index in [1.54, 1.807) is 32.4 Å². The monoisotopic (exact) mass is 462 g/mol. The number of rotatable bonds is 7. The van der Waals surface area contributed by atoms with Crippen LogP contribution >= 0.6 is 0 Å². The van der Waals surface area contributed by atoms with E-state index in [2.05, 4.69) is 16.4 Å². The molecule has 1 saturated heterocycles. The molecule has 1 aliphatic rings. The van der Waals surface area contributed by atoms with Gasteiger partial charge in [0.1, 0.15) is 23.4 Å². The molecule has 1 aliphatic heterocycles. The van der Waals surface area contributed by atoms with Crippen LogP contribution in [0.5, 0.6) is 11.5 Å². The lowest BCUT2D eigenvalue weighted by atomic mass is 9.86. The Morgan fingerprint density at radius 3 is 2.82 bits per heavy atom. The molecule has 1 N–H and O–H groups in total. The number of pyridine rings is 1. The molecule has 9 heteroatoms. The molecule has 2 atom stereocenters. The predicted molar refractivity (Wildman–Crippen MR) is 127 cm³/mol. The molecule has 0 radical (unpaired) electrons. The Morgan fingerprint density at radius 1 is 1.29 bits per heavy atom. The van der Waals surface area contributed by atoms with E-state index < -0.39 is 10.5 Å². The fraction of sp³-hybridized carbons (Fsp3) is 0.360. The van der Waals surface area contributed by atoms with Crippen LogP contribution in [0.3, 0.4) is 0 Å². The summed E-state index contributed by atoms with van der Waals surface area (Å²) in [6.07, 6.45) is 3.18. The number of nitrogens with one attached hydrogen (secondary N) is 1. The molecule has 9 nitrogen and oxygen atoms in total. The Hall–Kier alpha value is -3.90. The van der Waals surface area contributed by atoms with E-state index in [0.717, 1.165) is 11.3 Å². The number of methoxy groups -OCH3 is 2. The standard InChI is InChI=1S/C25H26N4O5/c1-25(12-17-5-6-19(32-2)11-23(17)33-3)13-18(8-9-34-25)28-24-20-10-16(14-26)4-7-21(20)27-15-22(24)29(30)31/h4-7,10-11,15,18H,8-9,12-13H2,1-3H3,(H,27,28)/t18-,25-/m1/s1. The van der Waals surface area contributed by atoms with Gasteiger partial charge in [0.2, 0.25) is 0 Å². The zero-order chi connectivity index (χ0) is 24.3. The maximum absolute atomic E-state index is 11.8. The Morgan fingerprint density at radius 2 is 2.12 bits per heavy atom. The summed E-state index contributed by atoms with van der Waals surface area (Å²) in [6.45, 7) is 2.55.